The number of rotatable bonds is 6. The van der Waals surface area contributed by atoms with Crippen LogP contribution in [0.3, 0.4) is 0 Å². The monoisotopic (exact) mass is 310 g/mol. The zero-order chi connectivity index (χ0) is 15.8. The Hall–Kier alpha value is -0.810. The Morgan fingerprint density at radius 1 is 1.23 bits per heavy atom. The Morgan fingerprint density at radius 2 is 2.00 bits per heavy atom. The van der Waals surface area contributed by atoms with Crippen LogP contribution in [-0.2, 0) is 4.74 Å². The number of ether oxygens (including phenoxy) is 1. The van der Waals surface area contributed by atoms with E-state index in [9.17, 15) is 0 Å². The Balaban J connectivity index is 1.63. The molecule has 1 heterocycles. The predicted molar refractivity (Wildman–Crippen MR) is 92.5 cm³/mol. The largest absolute Gasteiger partial charge is 0.373 e. The van der Waals surface area contributed by atoms with Crippen molar-refractivity contribution in [2.24, 2.45) is 4.99 Å². The van der Waals surface area contributed by atoms with E-state index in [1.54, 1.807) is 0 Å². The van der Waals surface area contributed by atoms with E-state index >= 15 is 0 Å². The number of aliphatic imine (C=N–C) groups is 1. The van der Waals surface area contributed by atoms with Gasteiger partial charge in [0.25, 0.3) is 0 Å². The van der Waals surface area contributed by atoms with Crippen LogP contribution in [0, 0.1) is 0 Å². The van der Waals surface area contributed by atoms with Gasteiger partial charge in [-0.1, -0.05) is 19.3 Å². The molecule has 2 aliphatic rings. The molecule has 2 rings (SSSR count). The Bertz CT molecular complexity index is 347. The maximum absolute atomic E-state index is 5.80. The summed E-state index contributed by atoms with van der Waals surface area (Å²) in [6.45, 7) is 5.89. The van der Waals surface area contributed by atoms with Crippen LogP contribution in [0.4, 0.5) is 0 Å². The average Bonchev–Trinajstić information content (AvgIpc) is 2.98. The second-order valence-corrected chi connectivity index (χ2v) is 7.03. The third kappa shape index (κ3) is 5.43. The van der Waals surface area contributed by atoms with E-state index in [-0.39, 0.29) is 5.60 Å². The van der Waals surface area contributed by atoms with E-state index in [0.717, 1.165) is 51.1 Å². The molecule has 128 valence electrons. The second kappa shape index (κ2) is 8.73. The minimum Gasteiger partial charge on any atom is -0.373 e. The summed E-state index contributed by atoms with van der Waals surface area (Å²) in [6, 6.07) is 0.774. The molecule has 22 heavy (non-hydrogen) atoms. The lowest BCUT2D eigenvalue weighted by Gasteiger charge is -2.31. The molecular weight excluding hydrogens is 276 g/mol. The normalized spacial score (nSPS) is 27.4. The first-order valence-electron chi connectivity index (χ1n) is 8.92. The third-order valence-corrected chi connectivity index (χ3v) is 5.11. The number of hydrogen-bond acceptors (Lipinski definition) is 3. The number of hydrogen-bond donors (Lipinski definition) is 2. The molecule has 1 aliphatic heterocycles. The molecule has 1 atom stereocenters. The van der Waals surface area contributed by atoms with Crippen molar-refractivity contribution in [2.75, 3.05) is 40.3 Å². The Morgan fingerprint density at radius 3 is 2.64 bits per heavy atom. The first-order valence-corrected chi connectivity index (χ1v) is 8.92. The van der Waals surface area contributed by atoms with Gasteiger partial charge in [0, 0.05) is 39.3 Å². The summed E-state index contributed by atoms with van der Waals surface area (Å²) >= 11 is 0. The fourth-order valence-electron chi connectivity index (χ4n) is 3.52. The first kappa shape index (κ1) is 17.5. The van der Waals surface area contributed by atoms with E-state index in [1.807, 2.05) is 7.05 Å². The van der Waals surface area contributed by atoms with Gasteiger partial charge in [0.1, 0.15) is 0 Å². The summed E-state index contributed by atoms with van der Waals surface area (Å²) in [5, 5.41) is 6.82. The van der Waals surface area contributed by atoms with E-state index in [0.29, 0.717) is 0 Å². The highest BCUT2D eigenvalue weighted by Crippen LogP contribution is 2.23. The van der Waals surface area contributed by atoms with E-state index in [4.69, 9.17) is 4.74 Å². The molecular formula is C17H34N4O. The molecule has 0 aromatic heterocycles. The summed E-state index contributed by atoms with van der Waals surface area (Å²) in [7, 11) is 4.08. The molecule has 1 saturated heterocycles. The molecule has 0 amide bonds. The lowest BCUT2D eigenvalue weighted by atomic mass is 9.94. The van der Waals surface area contributed by atoms with Crippen molar-refractivity contribution < 1.29 is 4.74 Å². The second-order valence-electron chi connectivity index (χ2n) is 7.03. The quantitative estimate of drug-likeness (QED) is 0.582. The molecule has 5 nitrogen and oxygen atoms in total. The molecule has 0 radical (unpaired) electrons. The highest BCUT2D eigenvalue weighted by Gasteiger charge is 2.29. The lowest BCUT2D eigenvalue weighted by molar-refractivity contribution is 0.0243. The first-order chi connectivity index (χ1) is 10.6. The molecule has 1 aliphatic carbocycles. The SMILES string of the molecule is CN=C(NCCN(C)C1CCCCC1)NCC1(C)CCCO1. The summed E-state index contributed by atoms with van der Waals surface area (Å²) in [5.74, 6) is 0.883. The maximum atomic E-state index is 5.80. The summed E-state index contributed by atoms with van der Waals surface area (Å²) in [4.78, 5) is 6.81. The molecule has 1 unspecified atom stereocenters. The average molecular weight is 310 g/mol. The van der Waals surface area contributed by atoms with Crippen molar-refractivity contribution >= 4 is 5.96 Å². The topological polar surface area (TPSA) is 48.9 Å². The maximum Gasteiger partial charge on any atom is 0.191 e. The van der Waals surface area contributed by atoms with E-state index in [2.05, 4.69) is 34.5 Å². The van der Waals surface area contributed by atoms with Crippen LogP contribution in [0.5, 0.6) is 0 Å². The summed E-state index contributed by atoms with van der Waals surface area (Å²) in [5.41, 5.74) is -0.0312. The van der Waals surface area contributed by atoms with Gasteiger partial charge in [-0.15, -0.1) is 0 Å². The fraction of sp³-hybridized carbons (Fsp3) is 0.941. The summed E-state index contributed by atoms with van der Waals surface area (Å²) in [6.07, 6.45) is 9.21. The van der Waals surface area contributed by atoms with E-state index < -0.39 is 0 Å². The molecule has 1 saturated carbocycles. The zero-order valence-corrected chi connectivity index (χ0v) is 14.7. The highest BCUT2D eigenvalue weighted by molar-refractivity contribution is 5.79. The van der Waals surface area contributed by atoms with Crippen LogP contribution in [0.25, 0.3) is 0 Å². The van der Waals surface area contributed by atoms with Gasteiger partial charge >= 0.3 is 0 Å². The number of nitrogens with one attached hydrogen (secondary N) is 2. The third-order valence-electron chi connectivity index (χ3n) is 5.11. The predicted octanol–water partition coefficient (Wildman–Crippen LogP) is 1.98. The van der Waals surface area contributed by atoms with Gasteiger partial charge in [0.15, 0.2) is 5.96 Å². The fourth-order valence-corrected chi connectivity index (χ4v) is 3.52. The number of guanidine groups is 1. The minimum atomic E-state index is -0.0312. The Labute approximate surface area is 135 Å². The van der Waals surface area contributed by atoms with Crippen LogP contribution in [0.2, 0.25) is 0 Å². The zero-order valence-electron chi connectivity index (χ0n) is 14.7. The van der Waals surface area contributed by atoms with Crippen LogP contribution in [0.1, 0.15) is 51.9 Å². The molecule has 0 aromatic rings. The van der Waals surface area contributed by atoms with Gasteiger partial charge in [0.2, 0.25) is 0 Å². The van der Waals surface area contributed by atoms with E-state index in [1.165, 1.54) is 32.1 Å². The smallest absolute Gasteiger partial charge is 0.191 e. The van der Waals surface area contributed by atoms with Crippen molar-refractivity contribution in [1.82, 2.24) is 15.5 Å². The van der Waals surface area contributed by atoms with Gasteiger partial charge in [-0.2, -0.15) is 0 Å². The van der Waals surface area contributed by atoms with Crippen LogP contribution < -0.4 is 10.6 Å². The molecule has 2 fully saturated rings. The van der Waals surface area contributed by atoms with Gasteiger partial charge in [-0.3, -0.25) is 4.99 Å². The summed E-state index contributed by atoms with van der Waals surface area (Å²) < 4.78 is 5.80. The van der Waals surface area contributed by atoms with Gasteiger partial charge in [-0.05, 0) is 39.7 Å². The minimum absolute atomic E-state index is 0.0312. The number of likely N-dealkylation sites (N-methyl/N-ethyl adjacent to an activating group) is 1. The standard InChI is InChI=1S/C17H34N4O/c1-17(10-7-13-22-17)14-20-16(18-2)19-11-12-21(3)15-8-5-4-6-9-15/h15H,4-14H2,1-3H3,(H2,18,19,20). The highest BCUT2D eigenvalue weighted by atomic mass is 16.5. The molecule has 5 heteroatoms. The van der Waals surface area contributed by atoms with Crippen molar-refractivity contribution in [3.05, 3.63) is 0 Å². The van der Waals surface area contributed by atoms with Crippen molar-refractivity contribution in [3.8, 4) is 0 Å². The van der Waals surface area contributed by atoms with Crippen LogP contribution in [0.15, 0.2) is 4.99 Å². The molecule has 0 bridgehead atoms. The number of nitrogens with zero attached hydrogens (tertiary/aromatic N) is 2. The van der Waals surface area contributed by atoms with Gasteiger partial charge < -0.3 is 20.3 Å². The molecule has 2 N–H and O–H groups in total. The van der Waals surface area contributed by atoms with Crippen molar-refractivity contribution in [2.45, 2.75) is 63.5 Å². The Kier molecular flexibility index (Phi) is 6.96. The molecule has 0 spiro atoms. The van der Waals surface area contributed by atoms with Crippen molar-refractivity contribution in [3.63, 3.8) is 0 Å². The van der Waals surface area contributed by atoms with Crippen LogP contribution in [-0.4, -0.2) is 62.8 Å². The van der Waals surface area contributed by atoms with Gasteiger partial charge in [-0.25, -0.2) is 0 Å². The lowest BCUT2D eigenvalue weighted by Crippen LogP contribution is -2.47. The molecule has 0 aromatic carbocycles. The van der Waals surface area contributed by atoms with Crippen LogP contribution >= 0.6 is 0 Å². The van der Waals surface area contributed by atoms with Crippen molar-refractivity contribution in [1.29, 1.82) is 0 Å². The van der Waals surface area contributed by atoms with Gasteiger partial charge in [0.05, 0.1) is 5.60 Å².